The highest BCUT2D eigenvalue weighted by Gasteiger charge is 2.16. The van der Waals surface area contributed by atoms with Gasteiger partial charge in [-0.05, 0) is 18.8 Å². The number of hydrogen-bond acceptors (Lipinski definition) is 4. The minimum atomic E-state index is 0.632. The predicted octanol–water partition coefficient (Wildman–Crippen LogP) is 2.52. The summed E-state index contributed by atoms with van der Waals surface area (Å²) in [7, 11) is 0. The number of hydrogen-bond donors (Lipinski definition) is 1. The molecule has 1 unspecified atom stereocenters. The molecule has 1 aliphatic heterocycles. The fourth-order valence-electron chi connectivity index (χ4n) is 1.42. The zero-order chi connectivity index (χ0) is 11.8. The summed E-state index contributed by atoms with van der Waals surface area (Å²) in [6, 6.07) is 0. The van der Waals surface area contributed by atoms with E-state index in [1.54, 1.807) is 0 Å². The van der Waals surface area contributed by atoms with Gasteiger partial charge in [0.25, 0.3) is 0 Å². The van der Waals surface area contributed by atoms with Crippen molar-refractivity contribution in [1.82, 2.24) is 5.32 Å². The molecule has 0 radical (unpaired) electrons. The van der Waals surface area contributed by atoms with E-state index in [-0.39, 0.29) is 0 Å². The lowest BCUT2D eigenvalue weighted by atomic mass is 10.2. The van der Waals surface area contributed by atoms with Gasteiger partial charge in [0, 0.05) is 25.0 Å². The molecule has 1 rings (SSSR count). The lowest BCUT2D eigenvalue weighted by Crippen LogP contribution is -2.22. The van der Waals surface area contributed by atoms with Crippen LogP contribution < -0.4 is 5.32 Å². The van der Waals surface area contributed by atoms with Gasteiger partial charge in [-0.1, -0.05) is 32.5 Å². The SMILES string of the molecule is CCC1CN=C(NCCCOCC(C)C)S1. The molecule has 0 aromatic carbocycles. The smallest absolute Gasteiger partial charge is 0.156 e. The number of rotatable bonds is 7. The molecule has 0 amide bonds. The lowest BCUT2D eigenvalue weighted by molar-refractivity contribution is 0.108. The molecule has 3 nitrogen and oxygen atoms in total. The van der Waals surface area contributed by atoms with E-state index in [9.17, 15) is 0 Å². The van der Waals surface area contributed by atoms with Gasteiger partial charge in [-0.2, -0.15) is 0 Å². The van der Waals surface area contributed by atoms with Gasteiger partial charge in [0.1, 0.15) is 0 Å². The molecule has 0 saturated heterocycles. The Labute approximate surface area is 103 Å². The number of aliphatic imine (C=N–C) groups is 1. The van der Waals surface area contributed by atoms with Crippen molar-refractivity contribution in [2.24, 2.45) is 10.9 Å². The van der Waals surface area contributed by atoms with Crippen LogP contribution in [0.5, 0.6) is 0 Å². The zero-order valence-electron chi connectivity index (χ0n) is 10.7. The van der Waals surface area contributed by atoms with Crippen LogP contribution in [0, 0.1) is 5.92 Å². The van der Waals surface area contributed by atoms with E-state index < -0.39 is 0 Å². The average molecular weight is 244 g/mol. The van der Waals surface area contributed by atoms with Crippen molar-refractivity contribution in [3.63, 3.8) is 0 Å². The van der Waals surface area contributed by atoms with Crippen LogP contribution in [0.2, 0.25) is 0 Å². The Morgan fingerprint density at radius 3 is 3.00 bits per heavy atom. The maximum Gasteiger partial charge on any atom is 0.156 e. The zero-order valence-corrected chi connectivity index (χ0v) is 11.5. The van der Waals surface area contributed by atoms with Gasteiger partial charge >= 0.3 is 0 Å². The van der Waals surface area contributed by atoms with Crippen LogP contribution in [0.4, 0.5) is 0 Å². The fraction of sp³-hybridized carbons (Fsp3) is 0.917. The maximum atomic E-state index is 5.52. The minimum absolute atomic E-state index is 0.632. The van der Waals surface area contributed by atoms with Gasteiger partial charge in [0.05, 0.1) is 6.54 Å². The van der Waals surface area contributed by atoms with E-state index in [1.165, 1.54) is 6.42 Å². The number of ether oxygens (including phenoxy) is 1. The normalized spacial score (nSPS) is 20.2. The topological polar surface area (TPSA) is 33.6 Å². The molecule has 4 heteroatoms. The molecule has 16 heavy (non-hydrogen) atoms. The molecule has 1 aliphatic rings. The monoisotopic (exact) mass is 244 g/mol. The van der Waals surface area contributed by atoms with Crippen molar-refractivity contribution >= 4 is 16.9 Å². The summed E-state index contributed by atoms with van der Waals surface area (Å²) in [5.41, 5.74) is 0. The summed E-state index contributed by atoms with van der Waals surface area (Å²) in [4.78, 5) is 4.46. The summed E-state index contributed by atoms with van der Waals surface area (Å²) in [5.74, 6) is 0.632. The van der Waals surface area contributed by atoms with E-state index in [2.05, 4.69) is 31.1 Å². The molecule has 0 spiro atoms. The lowest BCUT2D eigenvalue weighted by Gasteiger charge is -2.08. The highest BCUT2D eigenvalue weighted by Crippen LogP contribution is 2.21. The second kappa shape index (κ2) is 7.96. The fourth-order valence-corrected chi connectivity index (χ4v) is 2.38. The van der Waals surface area contributed by atoms with Gasteiger partial charge in [0.15, 0.2) is 5.17 Å². The van der Waals surface area contributed by atoms with Crippen LogP contribution in [-0.4, -0.2) is 36.7 Å². The van der Waals surface area contributed by atoms with Crippen LogP contribution in [0.1, 0.15) is 33.6 Å². The molecule has 0 aromatic rings. The Balaban J connectivity index is 1.92. The first-order chi connectivity index (χ1) is 7.72. The Hall–Kier alpha value is -0.220. The van der Waals surface area contributed by atoms with Gasteiger partial charge in [-0.25, -0.2) is 0 Å². The highest BCUT2D eigenvalue weighted by atomic mass is 32.2. The van der Waals surface area contributed by atoms with Crippen molar-refractivity contribution in [2.75, 3.05) is 26.3 Å². The van der Waals surface area contributed by atoms with Crippen molar-refractivity contribution < 1.29 is 4.74 Å². The predicted molar refractivity (Wildman–Crippen MR) is 72.2 cm³/mol. The number of nitrogens with zero attached hydrogens (tertiary/aromatic N) is 1. The molecule has 0 bridgehead atoms. The third kappa shape index (κ3) is 5.75. The second-order valence-corrected chi connectivity index (χ2v) is 5.83. The van der Waals surface area contributed by atoms with E-state index in [0.717, 1.165) is 37.9 Å². The van der Waals surface area contributed by atoms with Crippen molar-refractivity contribution in [3.05, 3.63) is 0 Å². The van der Waals surface area contributed by atoms with Crippen LogP contribution >= 0.6 is 11.8 Å². The minimum Gasteiger partial charge on any atom is -0.381 e. The Morgan fingerprint density at radius 1 is 1.56 bits per heavy atom. The standard InChI is InChI=1S/C12H24N2OS/c1-4-11-8-14-12(16-11)13-6-5-7-15-9-10(2)3/h10-11H,4-9H2,1-3H3,(H,13,14). The van der Waals surface area contributed by atoms with Crippen molar-refractivity contribution in [2.45, 2.75) is 38.9 Å². The van der Waals surface area contributed by atoms with Crippen LogP contribution in [0.15, 0.2) is 4.99 Å². The number of thioether (sulfide) groups is 1. The highest BCUT2D eigenvalue weighted by molar-refractivity contribution is 8.14. The van der Waals surface area contributed by atoms with Crippen LogP contribution in [0.3, 0.4) is 0 Å². The molecular weight excluding hydrogens is 220 g/mol. The molecule has 0 fully saturated rings. The molecule has 0 aliphatic carbocycles. The van der Waals surface area contributed by atoms with Crippen molar-refractivity contribution in [3.8, 4) is 0 Å². The van der Waals surface area contributed by atoms with E-state index in [1.807, 2.05) is 11.8 Å². The van der Waals surface area contributed by atoms with Gasteiger partial charge in [-0.3, -0.25) is 4.99 Å². The van der Waals surface area contributed by atoms with Gasteiger partial charge in [-0.15, -0.1) is 0 Å². The molecule has 0 saturated carbocycles. The third-order valence-corrected chi connectivity index (χ3v) is 3.68. The summed E-state index contributed by atoms with van der Waals surface area (Å²) in [6.07, 6.45) is 2.26. The first-order valence-corrected chi connectivity index (χ1v) is 7.13. The Morgan fingerprint density at radius 2 is 2.38 bits per heavy atom. The Kier molecular flexibility index (Phi) is 6.88. The van der Waals surface area contributed by atoms with E-state index in [4.69, 9.17) is 4.74 Å². The quantitative estimate of drug-likeness (QED) is 0.699. The number of amidine groups is 1. The third-order valence-electron chi connectivity index (χ3n) is 2.37. The molecule has 0 aromatic heterocycles. The summed E-state index contributed by atoms with van der Waals surface area (Å²) >= 11 is 1.88. The first kappa shape index (κ1) is 13.8. The Bertz CT molecular complexity index is 219. The molecular formula is C12H24N2OS. The number of nitrogens with one attached hydrogen (secondary N) is 1. The van der Waals surface area contributed by atoms with E-state index >= 15 is 0 Å². The summed E-state index contributed by atoms with van der Waals surface area (Å²) in [6.45, 7) is 10.2. The maximum absolute atomic E-state index is 5.52. The molecule has 1 heterocycles. The molecule has 94 valence electrons. The van der Waals surface area contributed by atoms with Crippen LogP contribution in [-0.2, 0) is 4.74 Å². The second-order valence-electron chi connectivity index (χ2n) is 4.54. The van der Waals surface area contributed by atoms with Gasteiger partial charge in [0.2, 0.25) is 0 Å². The summed E-state index contributed by atoms with van der Waals surface area (Å²) < 4.78 is 5.52. The van der Waals surface area contributed by atoms with E-state index in [0.29, 0.717) is 11.2 Å². The van der Waals surface area contributed by atoms with Gasteiger partial charge < -0.3 is 10.1 Å². The summed E-state index contributed by atoms with van der Waals surface area (Å²) in [5, 5.41) is 5.18. The largest absolute Gasteiger partial charge is 0.381 e. The molecule has 1 N–H and O–H groups in total. The first-order valence-electron chi connectivity index (χ1n) is 6.25. The molecule has 1 atom stereocenters. The van der Waals surface area contributed by atoms with Crippen molar-refractivity contribution in [1.29, 1.82) is 0 Å². The average Bonchev–Trinajstić information content (AvgIpc) is 2.70. The van der Waals surface area contributed by atoms with Crippen LogP contribution in [0.25, 0.3) is 0 Å².